The molecule has 10 heteroatoms. The van der Waals surface area contributed by atoms with Crippen molar-refractivity contribution < 1.29 is 24.5 Å². The smallest absolute Gasteiger partial charge is 0.410 e. The number of ether oxygens (including phenoxy) is 1. The molecule has 8 nitrogen and oxygen atoms in total. The van der Waals surface area contributed by atoms with Gasteiger partial charge in [0, 0.05) is 47.5 Å². The highest BCUT2D eigenvalue weighted by Crippen LogP contribution is 2.42. The van der Waals surface area contributed by atoms with Crippen LogP contribution in [0.15, 0.2) is 24.4 Å². The normalized spacial score (nSPS) is 11.6. The molecule has 0 aliphatic carbocycles. The van der Waals surface area contributed by atoms with Crippen LogP contribution in [0.1, 0.15) is 36.8 Å². The van der Waals surface area contributed by atoms with Crippen LogP contribution in [0.4, 0.5) is 4.79 Å². The maximum Gasteiger partial charge on any atom is 0.410 e. The number of carboxylic acids is 1. The third kappa shape index (κ3) is 5.17. The van der Waals surface area contributed by atoms with Gasteiger partial charge in [-0.25, -0.2) is 9.59 Å². The van der Waals surface area contributed by atoms with Crippen molar-refractivity contribution in [1.29, 1.82) is 0 Å². The zero-order valence-corrected chi connectivity index (χ0v) is 20.5. The van der Waals surface area contributed by atoms with Crippen LogP contribution in [0.2, 0.25) is 10.0 Å². The number of aromatic nitrogens is 2. The van der Waals surface area contributed by atoms with E-state index in [4.69, 9.17) is 27.9 Å². The molecule has 0 aliphatic heterocycles. The minimum Gasteiger partial charge on any atom is -0.494 e. The summed E-state index contributed by atoms with van der Waals surface area (Å²) >= 11 is 12.4. The van der Waals surface area contributed by atoms with Crippen molar-refractivity contribution >= 4 is 46.2 Å². The van der Waals surface area contributed by atoms with Crippen LogP contribution < -0.4 is 0 Å². The van der Waals surface area contributed by atoms with E-state index >= 15 is 0 Å². The lowest BCUT2D eigenvalue weighted by Gasteiger charge is -2.24. The van der Waals surface area contributed by atoms with E-state index in [0.29, 0.717) is 16.1 Å². The molecule has 0 saturated heterocycles. The molecule has 0 saturated carbocycles. The molecular weight excluding hydrogens is 469 g/mol. The van der Waals surface area contributed by atoms with Crippen molar-refractivity contribution in [3.63, 3.8) is 0 Å². The highest BCUT2D eigenvalue weighted by Gasteiger charge is 2.26. The zero-order chi connectivity index (χ0) is 24.7. The summed E-state index contributed by atoms with van der Waals surface area (Å²) in [6, 6.07) is 4.72. The Kier molecular flexibility index (Phi) is 6.81. The molecule has 0 aliphatic rings. The fraction of sp³-hybridized carbons (Fsp3) is 0.348. The van der Waals surface area contributed by atoms with Crippen LogP contribution in [0.5, 0.6) is 5.88 Å². The lowest BCUT2D eigenvalue weighted by molar-refractivity contribution is 0.0292. The fourth-order valence-corrected chi connectivity index (χ4v) is 3.98. The van der Waals surface area contributed by atoms with Crippen LogP contribution in [0, 0.1) is 6.92 Å². The summed E-state index contributed by atoms with van der Waals surface area (Å²) in [6.45, 7) is 7.39. The number of pyridine rings is 1. The second-order valence-electron chi connectivity index (χ2n) is 8.68. The quantitative estimate of drug-likeness (QED) is 0.479. The molecule has 0 spiro atoms. The third-order valence-electron chi connectivity index (χ3n) is 4.98. The number of carboxylic acid groups (broad SMARTS) is 1. The van der Waals surface area contributed by atoms with Gasteiger partial charge in [0.15, 0.2) is 0 Å². The number of fused-ring (bicyclic) bond motifs is 1. The standard InChI is InChI=1S/C23H25Cl2N3O5/c1-12-17(21(30)31)18(14-7-6-13(24)10-15(14)25)19-16(26-12)11-28(20(19)29)9-8-27(5)22(32)33-23(2,3)4/h6-7,10-11,29H,8-9H2,1-5H3,(H,30,31). The first-order valence-corrected chi connectivity index (χ1v) is 10.9. The molecule has 2 N–H and O–H groups in total. The highest BCUT2D eigenvalue weighted by atomic mass is 35.5. The molecule has 0 bridgehead atoms. The van der Waals surface area contributed by atoms with Gasteiger partial charge in [-0.1, -0.05) is 29.3 Å². The summed E-state index contributed by atoms with van der Waals surface area (Å²) in [4.78, 5) is 30.1. The molecule has 3 rings (SSSR count). The Morgan fingerprint density at radius 1 is 1.24 bits per heavy atom. The maximum atomic E-state index is 12.2. The second-order valence-corrected chi connectivity index (χ2v) is 9.53. The van der Waals surface area contributed by atoms with E-state index in [9.17, 15) is 19.8 Å². The number of rotatable bonds is 5. The van der Waals surface area contributed by atoms with Crippen LogP contribution in [-0.2, 0) is 11.3 Å². The van der Waals surface area contributed by atoms with Gasteiger partial charge in [-0.3, -0.25) is 4.98 Å². The van der Waals surface area contributed by atoms with E-state index in [0.717, 1.165) is 0 Å². The summed E-state index contributed by atoms with van der Waals surface area (Å²) in [5.74, 6) is -1.38. The number of carbonyl (C=O) groups is 2. The molecule has 0 atom stereocenters. The molecule has 2 aromatic heterocycles. The molecule has 0 radical (unpaired) electrons. The van der Waals surface area contributed by atoms with Crippen LogP contribution in [-0.4, -0.2) is 55.9 Å². The summed E-state index contributed by atoms with van der Waals surface area (Å²) in [5.41, 5.74) is 0.647. The van der Waals surface area contributed by atoms with Gasteiger partial charge in [0.2, 0.25) is 5.88 Å². The minimum atomic E-state index is -1.19. The van der Waals surface area contributed by atoms with Gasteiger partial charge < -0.3 is 24.4 Å². The van der Waals surface area contributed by atoms with E-state index in [-0.39, 0.29) is 46.2 Å². The Balaban J connectivity index is 2.09. The minimum absolute atomic E-state index is 0.0642. The number of hydrogen-bond donors (Lipinski definition) is 2. The van der Waals surface area contributed by atoms with Crippen LogP contribution in [0.25, 0.3) is 22.0 Å². The van der Waals surface area contributed by atoms with Gasteiger partial charge >= 0.3 is 12.1 Å². The van der Waals surface area contributed by atoms with E-state index in [1.165, 1.54) is 15.5 Å². The number of benzene rings is 1. The third-order valence-corrected chi connectivity index (χ3v) is 5.52. The van der Waals surface area contributed by atoms with E-state index in [1.807, 2.05) is 0 Å². The highest BCUT2D eigenvalue weighted by molar-refractivity contribution is 6.37. The number of aromatic carboxylic acids is 1. The first-order chi connectivity index (χ1) is 15.3. The zero-order valence-electron chi connectivity index (χ0n) is 18.9. The van der Waals surface area contributed by atoms with Crippen molar-refractivity contribution in [2.75, 3.05) is 13.6 Å². The maximum absolute atomic E-state index is 12.2. The number of hydrogen-bond acceptors (Lipinski definition) is 5. The van der Waals surface area contributed by atoms with Crippen molar-refractivity contribution in [1.82, 2.24) is 14.5 Å². The van der Waals surface area contributed by atoms with Crippen molar-refractivity contribution in [3.05, 3.63) is 45.7 Å². The van der Waals surface area contributed by atoms with Gasteiger partial charge in [-0.2, -0.15) is 0 Å². The van der Waals surface area contributed by atoms with Crippen molar-refractivity contribution in [2.45, 2.75) is 39.8 Å². The Morgan fingerprint density at radius 3 is 2.48 bits per heavy atom. The van der Waals surface area contributed by atoms with Gasteiger partial charge in [0.1, 0.15) is 5.60 Å². The lowest BCUT2D eigenvalue weighted by atomic mass is 9.95. The fourth-order valence-electron chi connectivity index (χ4n) is 3.48. The van der Waals surface area contributed by atoms with E-state index in [1.54, 1.807) is 53.1 Å². The van der Waals surface area contributed by atoms with E-state index in [2.05, 4.69) is 4.98 Å². The Labute approximate surface area is 201 Å². The molecule has 3 aromatic rings. The Hall–Kier alpha value is -2.97. The van der Waals surface area contributed by atoms with Gasteiger partial charge in [-0.15, -0.1) is 0 Å². The molecular formula is C23H25Cl2N3O5. The average molecular weight is 494 g/mol. The van der Waals surface area contributed by atoms with Crippen LogP contribution in [0.3, 0.4) is 0 Å². The van der Waals surface area contributed by atoms with Gasteiger partial charge in [0.05, 0.1) is 22.2 Å². The molecule has 1 aromatic carbocycles. The number of carbonyl (C=O) groups excluding carboxylic acids is 1. The molecule has 1 amide bonds. The monoisotopic (exact) mass is 493 g/mol. The topological polar surface area (TPSA) is 105 Å². The Morgan fingerprint density at radius 2 is 1.91 bits per heavy atom. The average Bonchev–Trinajstić information content (AvgIpc) is 2.98. The molecule has 0 unspecified atom stereocenters. The predicted octanol–water partition coefficient (Wildman–Crippen LogP) is 5.59. The number of likely N-dealkylation sites (N-methyl/N-ethyl adjacent to an activating group) is 1. The van der Waals surface area contributed by atoms with Crippen molar-refractivity contribution in [2.24, 2.45) is 0 Å². The first kappa shape index (κ1) is 24.7. The SMILES string of the molecule is Cc1nc2cn(CCN(C)C(=O)OC(C)(C)C)c(O)c2c(-c2ccc(Cl)cc2Cl)c1C(=O)O. The number of halogens is 2. The molecule has 2 heterocycles. The number of amides is 1. The Bertz CT molecular complexity index is 1250. The summed E-state index contributed by atoms with van der Waals surface area (Å²) < 4.78 is 6.86. The summed E-state index contributed by atoms with van der Waals surface area (Å²) in [7, 11) is 1.60. The largest absolute Gasteiger partial charge is 0.494 e. The number of nitrogens with zero attached hydrogens (tertiary/aromatic N) is 3. The van der Waals surface area contributed by atoms with Crippen molar-refractivity contribution in [3.8, 4) is 17.0 Å². The molecule has 33 heavy (non-hydrogen) atoms. The van der Waals surface area contributed by atoms with E-state index < -0.39 is 17.7 Å². The first-order valence-electron chi connectivity index (χ1n) is 10.2. The predicted molar refractivity (Wildman–Crippen MR) is 127 cm³/mol. The lowest BCUT2D eigenvalue weighted by Crippen LogP contribution is -2.35. The summed E-state index contributed by atoms with van der Waals surface area (Å²) in [6.07, 6.45) is 1.12. The molecule has 176 valence electrons. The van der Waals surface area contributed by atoms with Gasteiger partial charge in [0.25, 0.3) is 0 Å². The van der Waals surface area contributed by atoms with Crippen LogP contribution >= 0.6 is 23.2 Å². The number of aryl methyl sites for hydroxylation is 1. The summed E-state index contributed by atoms with van der Waals surface area (Å²) in [5, 5.41) is 21.8. The number of aromatic hydroxyl groups is 1. The second kappa shape index (κ2) is 9.11. The van der Waals surface area contributed by atoms with Gasteiger partial charge in [-0.05, 0) is 39.8 Å². The molecule has 0 fully saturated rings.